The van der Waals surface area contributed by atoms with Crippen molar-refractivity contribution < 1.29 is 0 Å². The largest absolute Gasteiger partial charge is 0.377 e. The average Bonchev–Trinajstić information content (AvgIpc) is 3.15. The highest BCUT2D eigenvalue weighted by atomic mass is 32.2. The first-order valence-electron chi connectivity index (χ1n) is 8.61. The van der Waals surface area contributed by atoms with Crippen molar-refractivity contribution in [3.63, 3.8) is 0 Å². The fourth-order valence-corrected chi connectivity index (χ4v) is 3.60. The number of amidine groups is 1. The molecule has 130 valence electrons. The second-order valence-electron chi connectivity index (χ2n) is 6.20. The number of thioether (sulfide) groups is 1. The van der Waals surface area contributed by atoms with Crippen molar-refractivity contribution in [2.75, 3.05) is 18.0 Å². The molecular weight excluding hydrogens is 328 g/mol. The third-order valence-corrected chi connectivity index (χ3v) is 5.12. The first kappa shape index (κ1) is 17.5. The second-order valence-corrected chi connectivity index (χ2v) is 7.19. The van der Waals surface area contributed by atoms with Crippen molar-refractivity contribution in [3.8, 4) is 0 Å². The summed E-state index contributed by atoms with van der Waals surface area (Å²) in [7, 11) is 0. The maximum atomic E-state index is 5.91. The van der Waals surface area contributed by atoms with Gasteiger partial charge in [0, 0.05) is 24.5 Å². The summed E-state index contributed by atoms with van der Waals surface area (Å²) in [6.45, 7) is 4.47. The van der Waals surface area contributed by atoms with Crippen LogP contribution in [0.5, 0.6) is 0 Å². The van der Waals surface area contributed by atoms with Crippen LogP contribution in [0.1, 0.15) is 29.5 Å². The van der Waals surface area contributed by atoms with Gasteiger partial charge in [-0.3, -0.25) is 0 Å². The number of benzene rings is 2. The molecule has 0 aliphatic carbocycles. The molecule has 0 unspecified atom stereocenters. The van der Waals surface area contributed by atoms with Gasteiger partial charge in [0.15, 0.2) is 5.17 Å². The van der Waals surface area contributed by atoms with Crippen molar-refractivity contribution in [2.45, 2.75) is 25.5 Å². The van der Waals surface area contributed by atoms with E-state index >= 15 is 0 Å². The van der Waals surface area contributed by atoms with Gasteiger partial charge in [-0.1, -0.05) is 48.2 Å². The molecule has 0 spiro atoms. The highest BCUT2D eigenvalue weighted by Crippen LogP contribution is 2.24. The molecule has 1 aliphatic heterocycles. The first-order valence-corrected chi connectivity index (χ1v) is 9.60. The molecule has 0 saturated carbocycles. The molecule has 2 N–H and O–H groups in total. The van der Waals surface area contributed by atoms with E-state index in [0.717, 1.165) is 24.4 Å². The lowest BCUT2D eigenvalue weighted by Gasteiger charge is -2.20. The Morgan fingerprint density at radius 1 is 1.16 bits per heavy atom. The molecule has 0 radical (unpaired) electrons. The topological polar surface area (TPSA) is 54.0 Å². The summed E-state index contributed by atoms with van der Waals surface area (Å²) in [6, 6.07) is 16.6. The number of anilines is 1. The Labute approximate surface area is 153 Å². The number of nitrogens with zero attached hydrogens (tertiary/aromatic N) is 3. The summed E-state index contributed by atoms with van der Waals surface area (Å²) in [5.41, 5.74) is 10.8. The summed E-state index contributed by atoms with van der Waals surface area (Å²) in [5.74, 6) is 0.801. The molecule has 2 aromatic carbocycles. The molecule has 1 aliphatic rings. The molecule has 1 fully saturated rings. The summed E-state index contributed by atoms with van der Waals surface area (Å²) in [6.07, 6.45) is 4.34. The van der Waals surface area contributed by atoms with Gasteiger partial charge in [0.05, 0.1) is 6.21 Å². The molecule has 2 aromatic rings. The molecule has 0 atom stereocenters. The second kappa shape index (κ2) is 8.72. The highest BCUT2D eigenvalue weighted by Gasteiger charge is 2.13. The lowest BCUT2D eigenvalue weighted by molar-refractivity contribution is 0.949. The fraction of sp³-hybridized carbons (Fsp3) is 0.300. The van der Waals surface area contributed by atoms with Gasteiger partial charge in [-0.25, -0.2) is 0 Å². The Balaban J connectivity index is 1.56. The van der Waals surface area contributed by atoms with Crippen molar-refractivity contribution >= 4 is 28.8 Å². The Hall–Kier alpha value is -2.27. The molecule has 0 aromatic heterocycles. The molecule has 1 heterocycles. The molecule has 4 nitrogen and oxygen atoms in total. The van der Waals surface area contributed by atoms with E-state index in [1.807, 2.05) is 18.2 Å². The maximum Gasteiger partial charge on any atom is 0.180 e. The molecule has 25 heavy (non-hydrogen) atoms. The Morgan fingerprint density at radius 3 is 2.64 bits per heavy atom. The van der Waals surface area contributed by atoms with Crippen LogP contribution in [-0.4, -0.2) is 24.5 Å². The van der Waals surface area contributed by atoms with Crippen LogP contribution in [0.3, 0.4) is 0 Å². The standard InChI is InChI=1S/C20H24N4S/c1-16-13-18(9-10-19(16)24-11-5-6-12-24)14-22-23-20(21)25-15-17-7-3-2-4-8-17/h2-4,7-10,13-14H,5-6,11-12,15H2,1H3,(H2,21,23). The summed E-state index contributed by atoms with van der Waals surface area (Å²) >= 11 is 1.49. The van der Waals surface area contributed by atoms with Crippen molar-refractivity contribution in [1.82, 2.24) is 0 Å². The zero-order valence-corrected chi connectivity index (χ0v) is 15.4. The van der Waals surface area contributed by atoms with Crippen LogP contribution >= 0.6 is 11.8 Å². The Kier molecular flexibility index (Phi) is 6.12. The van der Waals surface area contributed by atoms with Gasteiger partial charge in [-0.15, -0.1) is 5.10 Å². The van der Waals surface area contributed by atoms with Gasteiger partial charge in [0.2, 0.25) is 0 Å². The van der Waals surface area contributed by atoms with Crippen LogP contribution < -0.4 is 10.6 Å². The molecule has 3 rings (SSSR count). The third kappa shape index (κ3) is 5.10. The van der Waals surface area contributed by atoms with Crippen LogP contribution in [0.15, 0.2) is 58.7 Å². The van der Waals surface area contributed by atoms with Gasteiger partial charge in [0.1, 0.15) is 0 Å². The Bertz CT molecular complexity index is 750. The quantitative estimate of drug-likeness (QED) is 0.499. The molecule has 1 saturated heterocycles. The zero-order valence-electron chi connectivity index (χ0n) is 14.6. The lowest BCUT2D eigenvalue weighted by Crippen LogP contribution is -2.18. The number of aryl methyl sites for hydroxylation is 1. The van der Waals surface area contributed by atoms with Gasteiger partial charge in [0.25, 0.3) is 0 Å². The monoisotopic (exact) mass is 352 g/mol. The molecule has 5 heteroatoms. The number of hydrogen-bond acceptors (Lipinski definition) is 4. The highest BCUT2D eigenvalue weighted by molar-refractivity contribution is 8.13. The van der Waals surface area contributed by atoms with Gasteiger partial charge in [-0.05, 0) is 48.6 Å². The first-order chi connectivity index (χ1) is 12.2. The van der Waals surface area contributed by atoms with Crippen molar-refractivity contribution in [1.29, 1.82) is 0 Å². The van der Waals surface area contributed by atoms with E-state index in [0.29, 0.717) is 5.17 Å². The van der Waals surface area contributed by atoms with Crippen LogP contribution in [0.2, 0.25) is 0 Å². The summed E-state index contributed by atoms with van der Waals surface area (Å²) < 4.78 is 0. The van der Waals surface area contributed by atoms with Gasteiger partial charge in [-0.2, -0.15) is 5.10 Å². The van der Waals surface area contributed by atoms with E-state index in [9.17, 15) is 0 Å². The number of rotatable bonds is 5. The minimum Gasteiger partial charge on any atom is -0.377 e. The van der Waals surface area contributed by atoms with E-state index in [2.05, 4.69) is 52.4 Å². The molecular formula is C20H24N4S. The number of nitrogens with two attached hydrogens (primary N) is 1. The van der Waals surface area contributed by atoms with E-state index < -0.39 is 0 Å². The van der Waals surface area contributed by atoms with Crippen LogP contribution in [0.25, 0.3) is 0 Å². The predicted molar refractivity (Wildman–Crippen MR) is 110 cm³/mol. The van der Waals surface area contributed by atoms with Crippen LogP contribution in [0.4, 0.5) is 5.69 Å². The van der Waals surface area contributed by atoms with E-state index in [1.54, 1.807) is 6.21 Å². The normalized spacial score (nSPS) is 15.2. The molecule has 0 amide bonds. The van der Waals surface area contributed by atoms with Crippen molar-refractivity contribution in [2.24, 2.45) is 15.9 Å². The number of hydrogen-bond donors (Lipinski definition) is 1. The van der Waals surface area contributed by atoms with Crippen LogP contribution in [0, 0.1) is 6.92 Å². The van der Waals surface area contributed by atoms with E-state index in [4.69, 9.17) is 5.73 Å². The predicted octanol–water partition coefficient (Wildman–Crippen LogP) is 4.18. The minimum atomic E-state index is 0.477. The zero-order chi connectivity index (χ0) is 17.5. The maximum absolute atomic E-state index is 5.91. The van der Waals surface area contributed by atoms with Crippen LogP contribution in [-0.2, 0) is 5.75 Å². The van der Waals surface area contributed by atoms with Gasteiger partial charge < -0.3 is 10.6 Å². The Morgan fingerprint density at radius 2 is 1.92 bits per heavy atom. The fourth-order valence-electron chi connectivity index (χ4n) is 2.98. The van der Waals surface area contributed by atoms with E-state index in [1.165, 1.54) is 41.4 Å². The van der Waals surface area contributed by atoms with Gasteiger partial charge >= 0.3 is 0 Å². The SMILES string of the molecule is Cc1cc(C=NN=C(N)SCc2ccccc2)ccc1N1CCCC1. The van der Waals surface area contributed by atoms with Crippen molar-refractivity contribution in [3.05, 3.63) is 65.2 Å². The third-order valence-electron chi connectivity index (χ3n) is 4.26. The lowest BCUT2D eigenvalue weighted by atomic mass is 10.1. The smallest absolute Gasteiger partial charge is 0.180 e. The summed E-state index contributed by atoms with van der Waals surface area (Å²) in [5, 5.41) is 8.68. The molecule has 0 bridgehead atoms. The van der Waals surface area contributed by atoms with E-state index in [-0.39, 0.29) is 0 Å². The summed E-state index contributed by atoms with van der Waals surface area (Å²) in [4.78, 5) is 2.45. The minimum absolute atomic E-state index is 0.477. The average molecular weight is 353 g/mol.